The van der Waals surface area contributed by atoms with Crippen molar-refractivity contribution in [1.82, 2.24) is 4.90 Å². The van der Waals surface area contributed by atoms with Crippen LogP contribution in [0.1, 0.15) is 22.3 Å². The predicted octanol–water partition coefficient (Wildman–Crippen LogP) is 4.29. The molecule has 0 aliphatic carbocycles. The van der Waals surface area contributed by atoms with Crippen molar-refractivity contribution < 1.29 is 9.21 Å². The molecular formula is C24H29N3O2. The Morgan fingerprint density at radius 3 is 2.45 bits per heavy atom. The third-order valence-corrected chi connectivity index (χ3v) is 5.97. The van der Waals surface area contributed by atoms with Gasteiger partial charge in [-0.2, -0.15) is 0 Å². The second kappa shape index (κ2) is 7.91. The van der Waals surface area contributed by atoms with Crippen molar-refractivity contribution in [2.45, 2.75) is 27.2 Å². The third-order valence-electron chi connectivity index (χ3n) is 5.97. The van der Waals surface area contributed by atoms with Crippen LogP contribution < -0.4 is 10.2 Å². The van der Waals surface area contributed by atoms with Crippen molar-refractivity contribution in [2.75, 3.05) is 43.4 Å². The summed E-state index contributed by atoms with van der Waals surface area (Å²) >= 11 is 0. The highest BCUT2D eigenvalue weighted by Crippen LogP contribution is 2.27. The minimum Gasteiger partial charge on any atom is -0.464 e. The van der Waals surface area contributed by atoms with Gasteiger partial charge in [-0.05, 0) is 74.8 Å². The molecule has 5 heteroatoms. The van der Waals surface area contributed by atoms with Gasteiger partial charge < -0.3 is 19.5 Å². The summed E-state index contributed by atoms with van der Waals surface area (Å²) in [4.78, 5) is 17.4. The average molecular weight is 392 g/mol. The molecule has 0 unspecified atom stereocenters. The van der Waals surface area contributed by atoms with Gasteiger partial charge in [0.05, 0.1) is 12.7 Å². The van der Waals surface area contributed by atoms with E-state index in [2.05, 4.69) is 61.1 Å². The van der Waals surface area contributed by atoms with Gasteiger partial charge in [0, 0.05) is 48.5 Å². The second-order valence-corrected chi connectivity index (χ2v) is 8.21. The van der Waals surface area contributed by atoms with Crippen LogP contribution in [0.25, 0.3) is 11.0 Å². The molecule has 0 bridgehead atoms. The van der Waals surface area contributed by atoms with E-state index in [1.807, 2.05) is 12.1 Å². The van der Waals surface area contributed by atoms with E-state index in [0.29, 0.717) is 6.42 Å². The molecule has 3 aromatic rings. The maximum Gasteiger partial charge on any atom is 0.228 e. The van der Waals surface area contributed by atoms with E-state index in [4.69, 9.17) is 4.42 Å². The van der Waals surface area contributed by atoms with E-state index >= 15 is 0 Å². The molecule has 0 saturated carbocycles. The number of anilines is 2. The van der Waals surface area contributed by atoms with E-state index in [1.54, 1.807) is 6.26 Å². The van der Waals surface area contributed by atoms with E-state index in [-0.39, 0.29) is 5.91 Å². The van der Waals surface area contributed by atoms with Gasteiger partial charge in [0.2, 0.25) is 5.91 Å². The number of hydrogen-bond donors (Lipinski definition) is 1. The molecular weight excluding hydrogens is 362 g/mol. The first-order valence-corrected chi connectivity index (χ1v) is 10.2. The van der Waals surface area contributed by atoms with E-state index in [9.17, 15) is 4.79 Å². The lowest BCUT2D eigenvalue weighted by molar-refractivity contribution is -0.115. The molecule has 0 spiro atoms. The summed E-state index contributed by atoms with van der Waals surface area (Å²) in [5.41, 5.74) is 7.33. The number of nitrogens with one attached hydrogen (secondary N) is 1. The maximum atomic E-state index is 12.7. The molecule has 5 nitrogen and oxygen atoms in total. The number of rotatable bonds is 4. The van der Waals surface area contributed by atoms with Crippen LogP contribution in [0, 0.1) is 20.8 Å². The fourth-order valence-electron chi connectivity index (χ4n) is 3.89. The van der Waals surface area contributed by atoms with E-state index < -0.39 is 0 Å². The minimum atomic E-state index is -0.0265. The molecule has 1 aliphatic heterocycles. The Bertz CT molecular complexity index is 1050. The zero-order valence-corrected chi connectivity index (χ0v) is 17.7. The summed E-state index contributed by atoms with van der Waals surface area (Å²) in [5, 5.41) is 4.09. The number of benzene rings is 2. The Hall–Kier alpha value is -2.79. The number of likely N-dealkylation sites (N-methyl/N-ethyl adjacent to an activating group) is 1. The Morgan fingerprint density at radius 1 is 1.00 bits per heavy atom. The molecule has 2 aromatic carbocycles. The monoisotopic (exact) mass is 391 g/mol. The van der Waals surface area contributed by atoms with Gasteiger partial charge in [-0.1, -0.05) is 0 Å². The summed E-state index contributed by atoms with van der Waals surface area (Å²) in [5.74, 6) is -0.0265. The summed E-state index contributed by atoms with van der Waals surface area (Å²) < 4.78 is 5.66. The Labute approximate surface area is 172 Å². The third kappa shape index (κ3) is 4.15. The molecule has 152 valence electrons. The van der Waals surface area contributed by atoms with Crippen LogP contribution in [-0.4, -0.2) is 44.0 Å². The van der Waals surface area contributed by atoms with E-state index in [0.717, 1.165) is 54.0 Å². The van der Waals surface area contributed by atoms with Gasteiger partial charge in [0.1, 0.15) is 5.58 Å². The number of piperazine rings is 1. The standard InChI is InChI=1S/C24H29N3O2/c1-16-12-21-19(15-29-23(21)13-17(16)2)14-24(28)25-22-6-5-20(11-18(22)3)27-9-7-26(4)8-10-27/h5-6,11-13,15H,7-10,14H2,1-4H3,(H,25,28). The predicted molar refractivity (Wildman–Crippen MR) is 119 cm³/mol. The van der Waals surface area contributed by atoms with Crippen LogP contribution in [0.4, 0.5) is 11.4 Å². The highest BCUT2D eigenvalue weighted by Gasteiger charge is 2.16. The number of furan rings is 1. The van der Waals surface area contributed by atoms with Crippen molar-refractivity contribution in [2.24, 2.45) is 0 Å². The Balaban J connectivity index is 1.45. The lowest BCUT2D eigenvalue weighted by Crippen LogP contribution is -2.44. The van der Waals surface area contributed by atoms with Crippen LogP contribution in [0.5, 0.6) is 0 Å². The first-order chi connectivity index (χ1) is 13.9. The van der Waals surface area contributed by atoms with Gasteiger partial charge in [-0.15, -0.1) is 0 Å². The van der Waals surface area contributed by atoms with Gasteiger partial charge in [0.25, 0.3) is 0 Å². The lowest BCUT2D eigenvalue weighted by Gasteiger charge is -2.34. The Kier molecular flexibility index (Phi) is 5.33. The number of carbonyl (C=O) groups is 1. The Morgan fingerprint density at radius 2 is 1.72 bits per heavy atom. The topological polar surface area (TPSA) is 48.7 Å². The van der Waals surface area contributed by atoms with Crippen LogP contribution in [-0.2, 0) is 11.2 Å². The number of carbonyl (C=O) groups excluding carboxylic acids is 1. The molecule has 1 amide bonds. The SMILES string of the molecule is Cc1cc2occ(CC(=O)Nc3ccc(N4CCN(C)CC4)cc3C)c2cc1C. The van der Waals surface area contributed by atoms with Crippen molar-refractivity contribution >= 4 is 28.3 Å². The molecule has 1 aromatic heterocycles. The molecule has 1 aliphatic rings. The van der Waals surface area contributed by atoms with Crippen molar-refractivity contribution in [3.63, 3.8) is 0 Å². The van der Waals surface area contributed by atoms with Gasteiger partial charge >= 0.3 is 0 Å². The van der Waals surface area contributed by atoms with Gasteiger partial charge in [-0.25, -0.2) is 0 Å². The molecule has 1 saturated heterocycles. The minimum absolute atomic E-state index is 0.0265. The lowest BCUT2D eigenvalue weighted by atomic mass is 10.0. The van der Waals surface area contributed by atoms with Gasteiger partial charge in [0.15, 0.2) is 0 Å². The number of fused-ring (bicyclic) bond motifs is 1. The van der Waals surface area contributed by atoms with Crippen LogP contribution in [0.15, 0.2) is 41.0 Å². The number of hydrogen-bond acceptors (Lipinski definition) is 4. The average Bonchev–Trinajstić information content (AvgIpc) is 3.06. The normalized spacial score (nSPS) is 15.1. The number of amides is 1. The van der Waals surface area contributed by atoms with Crippen LogP contribution in [0.3, 0.4) is 0 Å². The smallest absolute Gasteiger partial charge is 0.228 e. The summed E-state index contributed by atoms with van der Waals surface area (Å²) in [6, 6.07) is 10.4. The maximum absolute atomic E-state index is 12.7. The van der Waals surface area contributed by atoms with Crippen LogP contribution in [0.2, 0.25) is 0 Å². The molecule has 0 atom stereocenters. The summed E-state index contributed by atoms with van der Waals surface area (Å²) in [6.07, 6.45) is 2.00. The first kappa shape index (κ1) is 19.5. The van der Waals surface area contributed by atoms with E-state index in [1.165, 1.54) is 16.8 Å². The highest BCUT2D eigenvalue weighted by molar-refractivity contribution is 5.96. The fourth-order valence-corrected chi connectivity index (χ4v) is 3.89. The number of nitrogens with zero attached hydrogens (tertiary/aromatic N) is 2. The highest BCUT2D eigenvalue weighted by atomic mass is 16.3. The van der Waals surface area contributed by atoms with Crippen LogP contribution >= 0.6 is 0 Å². The molecule has 4 rings (SSSR count). The molecule has 1 N–H and O–H groups in total. The zero-order chi connectivity index (χ0) is 20.5. The summed E-state index contributed by atoms with van der Waals surface area (Å²) in [6.45, 7) is 10.4. The zero-order valence-electron chi connectivity index (χ0n) is 17.7. The molecule has 0 radical (unpaired) electrons. The molecule has 2 heterocycles. The molecule has 29 heavy (non-hydrogen) atoms. The van der Waals surface area contributed by atoms with Crippen molar-refractivity contribution in [3.8, 4) is 0 Å². The van der Waals surface area contributed by atoms with Gasteiger partial charge in [-0.3, -0.25) is 4.79 Å². The summed E-state index contributed by atoms with van der Waals surface area (Å²) in [7, 11) is 2.16. The van der Waals surface area contributed by atoms with Crippen molar-refractivity contribution in [1.29, 1.82) is 0 Å². The molecule has 1 fully saturated rings. The first-order valence-electron chi connectivity index (χ1n) is 10.2. The fraction of sp³-hybridized carbons (Fsp3) is 0.375. The van der Waals surface area contributed by atoms with Crippen molar-refractivity contribution in [3.05, 3.63) is 58.8 Å². The second-order valence-electron chi connectivity index (χ2n) is 8.21. The quantitative estimate of drug-likeness (QED) is 0.721. The largest absolute Gasteiger partial charge is 0.464 e. The number of aryl methyl sites for hydroxylation is 3.